The van der Waals surface area contributed by atoms with Crippen molar-refractivity contribution in [1.29, 1.82) is 0 Å². The number of phenols is 1. The van der Waals surface area contributed by atoms with Crippen LogP contribution < -0.4 is 4.90 Å². The monoisotopic (exact) mass is 388 g/mol. The van der Waals surface area contributed by atoms with Crippen LogP contribution in [-0.2, 0) is 11.3 Å². The quantitative estimate of drug-likeness (QED) is 0.675. The predicted octanol–water partition coefficient (Wildman–Crippen LogP) is 3.84. The molecule has 1 amide bonds. The van der Waals surface area contributed by atoms with E-state index in [1.54, 1.807) is 17.0 Å². The number of hydrogen-bond acceptors (Lipinski definition) is 4. The molecule has 1 atom stereocenters. The summed E-state index contributed by atoms with van der Waals surface area (Å²) in [5, 5.41) is 11.6. The zero-order valence-electron chi connectivity index (χ0n) is 16.4. The standard InChI is InChI=1S/C24H24N2O3/c1-25(14-17-5-3-2-4-6-17)24(29)19-11-12-26(15-19)20-9-7-18-8-10-23(28)22(16-27)21(18)13-20/h2-10,13,16,19,28H,11-12,14-15H2,1H3. The molecule has 5 heteroatoms. The van der Waals surface area contributed by atoms with E-state index < -0.39 is 0 Å². The number of amides is 1. The van der Waals surface area contributed by atoms with Crippen LogP contribution in [0, 0.1) is 5.92 Å². The molecule has 0 aliphatic carbocycles. The molecule has 0 spiro atoms. The van der Waals surface area contributed by atoms with E-state index in [2.05, 4.69) is 4.90 Å². The number of fused-ring (bicyclic) bond motifs is 1. The Bertz CT molecular complexity index is 1050. The lowest BCUT2D eigenvalue weighted by atomic mass is 10.0. The van der Waals surface area contributed by atoms with Crippen molar-refractivity contribution in [2.75, 3.05) is 25.0 Å². The third-order valence-corrected chi connectivity index (χ3v) is 5.68. The number of nitrogens with zero attached hydrogens (tertiary/aromatic N) is 2. The van der Waals surface area contributed by atoms with Crippen LogP contribution in [-0.4, -0.2) is 42.3 Å². The topological polar surface area (TPSA) is 60.9 Å². The van der Waals surface area contributed by atoms with Crippen molar-refractivity contribution in [2.45, 2.75) is 13.0 Å². The number of aldehydes is 1. The molecule has 148 valence electrons. The van der Waals surface area contributed by atoms with Gasteiger partial charge < -0.3 is 14.9 Å². The summed E-state index contributed by atoms with van der Waals surface area (Å²) in [7, 11) is 1.85. The molecule has 0 radical (unpaired) electrons. The number of benzene rings is 3. The molecule has 1 N–H and O–H groups in total. The van der Waals surface area contributed by atoms with E-state index in [1.807, 2.05) is 55.6 Å². The molecule has 3 aromatic rings. The summed E-state index contributed by atoms with van der Waals surface area (Å²) in [6, 6.07) is 19.2. The fourth-order valence-corrected chi connectivity index (χ4v) is 4.08. The summed E-state index contributed by atoms with van der Waals surface area (Å²) in [5.74, 6) is 0.0964. The first-order valence-electron chi connectivity index (χ1n) is 9.81. The minimum Gasteiger partial charge on any atom is -0.507 e. The van der Waals surface area contributed by atoms with Crippen LogP contribution in [0.25, 0.3) is 10.8 Å². The first-order chi connectivity index (χ1) is 14.1. The highest BCUT2D eigenvalue weighted by Crippen LogP contribution is 2.32. The number of phenolic OH excluding ortho intramolecular Hbond substituents is 1. The average molecular weight is 388 g/mol. The zero-order valence-corrected chi connectivity index (χ0v) is 16.4. The molecule has 1 fully saturated rings. The molecule has 1 heterocycles. The number of carbonyl (C=O) groups is 2. The minimum atomic E-state index is -0.0471. The van der Waals surface area contributed by atoms with E-state index in [4.69, 9.17) is 0 Å². The minimum absolute atomic E-state index is 0.0123. The van der Waals surface area contributed by atoms with Gasteiger partial charge in [-0.05, 0) is 41.0 Å². The lowest BCUT2D eigenvalue weighted by molar-refractivity contribution is -0.134. The first kappa shape index (κ1) is 19.0. The van der Waals surface area contributed by atoms with Crippen molar-refractivity contribution in [1.82, 2.24) is 4.90 Å². The van der Waals surface area contributed by atoms with Gasteiger partial charge in [-0.25, -0.2) is 0 Å². The lowest BCUT2D eigenvalue weighted by Crippen LogP contribution is -2.34. The smallest absolute Gasteiger partial charge is 0.227 e. The van der Waals surface area contributed by atoms with Gasteiger partial charge >= 0.3 is 0 Å². The van der Waals surface area contributed by atoms with Gasteiger partial charge in [0.2, 0.25) is 5.91 Å². The number of rotatable bonds is 5. The van der Waals surface area contributed by atoms with E-state index in [0.717, 1.165) is 35.0 Å². The number of aromatic hydroxyl groups is 1. The summed E-state index contributed by atoms with van der Waals surface area (Å²) in [6.07, 6.45) is 1.49. The Labute approximate surface area is 170 Å². The molecule has 4 rings (SSSR count). The Morgan fingerprint density at radius 2 is 1.93 bits per heavy atom. The fourth-order valence-electron chi connectivity index (χ4n) is 4.08. The SMILES string of the molecule is CN(Cc1ccccc1)C(=O)C1CCN(c2ccc3ccc(O)c(C=O)c3c2)C1. The zero-order chi connectivity index (χ0) is 20.4. The normalized spacial score (nSPS) is 16.2. The Kier molecular flexibility index (Phi) is 5.21. The molecular weight excluding hydrogens is 364 g/mol. The Hall–Kier alpha value is -3.34. The molecule has 0 saturated carbocycles. The summed E-state index contributed by atoms with van der Waals surface area (Å²) >= 11 is 0. The molecule has 3 aromatic carbocycles. The highest BCUT2D eigenvalue weighted by molar-refractivity contribution is 6.02. The van der Waals surface area contributed by atoms with Gasteiger partial charge in [0, 0.05) is 32.4 Å². The van der Waals surface area contributed by atoms with Crippen LogP contribution >= 0.6 is 0 Å². The number of carbonyl (C=O) groups excluding carboxylic acids is 2. The van der Waals surface area contributed by atoms with Crippen LogP contribution in [0.4, 0.5) is 5.69 Å². The maximum Gasteiger partial charge on any atom is 0.227 e. The van der Waals surface area contributed by atoms with Gasteiger partial charge in [0.25, 0.3) is 0 Å². The van der Waals surface area contributed by atoms with E-state index >= 15 is 0 Å². The molecule has 29 heavy (non-hydrogen) atoms. The summed E-state index contributed by atoms with van der Waals surface area (Å²) < 4.78 is 0. The largest absolute Gasteiger partial charge is 0.507 e. The predicted molar refractivity (Wildman–Crippen MR) is 114 cm³/mol. The van der Waals surface area contributed by atoms with E-state index in [0.29, 0.717) is 24.9 Å². The molecular formula is C24H24N2O3. The molecule has 1 unspecified atom stereocenters. The van der Waals surface area contributed by atoms with Gasteiger partial charge in [-0.3, -0.25) is 9.59 Å². The van der Waals surface area contributed by atoms with Crippen molar-refractivity contribution in [3.8, 4) is 5.75 Å². The summed E-state index contributed by atoms with van der Waals surface area (Å²) in [6.45, 7) is 2.04. The van der Waals surface area contributed by atoms with Gasteiger partial charge in [0.05, 0.1) is 11.5 Å². The second-order valence-corrected chi connectivity index (χ2v) is 7.63. The van der Waals surface area contributed by atoms with Crippen LogP contribution in [0.15, 0.2) is 60.7 Å². The molecule has 1 aliphatic heterocycles. The maximum absolute atomic E-state index is 12.9. The van der Waals surface area contributed by atoms with Crippen molar-refractivity contribution < 1.29 is 14.7 Å². The van der Waals surface area contributed by atoms with Crippen LogP contribution in [0.2, 0.25) is 0 Å². The summed E-state index contributed by atoms with van der Waals surface area (Å²) in [5.41, 5.74) is 2.39. The molecule has 1 saturated heterocycles. The van der Waals surface area contributed by atoms with Gasteiger partial charge in [-0.1, -0.05) is 42.5 Å². The van der Waals surface area contributed by atoms with Crippen molar-refractivity contribution in [2.24, 2.45) is 5.92 Å². The average Bonchev–Trinajstić information content (AvgIpc) is 3.23. The van der Waals surface area contributed by atoms with Crippen molar-refractivity contribution >= 4 is 28.7 Å². The summed E-state index contributed by atoms with van der Waals surface area (Å²) in [4.78, 5) is 28.3. The third kappa shape index (κ3) is 3.81. The Morgan fingerprint density at radius 3 is 2.69 bits per heavy atom. The van der Waals surface area contributed by atoms with Crippen LogP contribution in [0.5, 0.6) is 5.75 Å². The third-order valence-electron chi connectivity index (χ3n) is 5.68. The van der Waals surface area contributed by atoms with Crippen molar-refractivity contribution in [3.63, 3.8) is 0 Å². The Balaban J connectivity index is 1.49. The fraction of sp³-hybridized carbons (Fsp3) is 0.250. The highest BCUT2D eigenvalue weighted by atomic mass is 16.3. The highest BCUT2D eigenvalue weighted by Gasteiger charge is 2.30. The Morgan fingerprint density at radius 1 is 1.17 bits per heavy atom. The number of anilines is 1. The molecule has 5 nitrogen and oxygen atoms in total. The second kappa shape index (κ2) is 7.95. The van der Waals surface area contributed by atoms with Gasteiger partial charge in [-0.2, -0.15) is 0 Å². The van der Waals surface area contributed by atoms with Gasteiger partial charge in [0.1, 0.15) is 5.75 Å². The molecule has 0 aromatic heterocycles. The first-order valence-corrected chi connectivity index (χ1v) is 9.81. The van der Waals surface area contributed by atoms with Crippen LogP contribution in [0.3, 0.4) is 0 Å². The maximum atomic E-state index is 12.9. The lowest BCUT2D eigenvalue weighted by Gasteiger charge is -2.23. The molecule has 1 aliphatic rings. The number of hydrogen-bond donors (Lipinski definition) is 1. The van der Waals surface area contributed by atoms with Gasteiger partial charge in [0.15, 0.2) is 6.29 Å². The van der Waals surface area contributed by atoms with Crippen LogP contribution in [0.1, 0.15) is 22.3 Å². The van der Waals surface area contributed by atoms with E-state index in [-0.39, 0.29) is 17.6 Å². The second-order valence-electron chi connectivity index (χ2n) is 7.63. The van der Waals surface area contributed by atoms with Crippen molar-refractivity contribution in [3.05, 3.63) is 71.8 Å². The van der Waals surface area contributed by atoms with Gasteiger partial charge in [-0.15, -0.1) is 0 Å². The molecule has 0 bridgehead atoms. The van der Waals surface area contributed by atoms with E-state index in [1.165, 1.54) is 0 Å². The van der Waals surface area contributed by atoms with E-state index in [9.17, 15) is 14.7 Å².